The summed E-state index contributed by atoms with van der Waals surface area (Å²) in [5, 5.41) is 22.7. The molecule has 0 saturated heterocycles. The van der Waals surface area contributed by atoms with Crippen molar-refractivity contribution in [2.75, 3.05) is 0 Å². The van der Waals surface area contributed by atoms with Crippen LogP contribution in [0.5, 0.6) is 0 Å². The number of carboxylic acids is 1. The van der Waals surface area contributed by atoms with Gasteiger partial charge in [0.15, 0.2) is 0 Å². The number of carbonyl (C=O) groups is 1. The van der Waals surface area contributed by atoms with Gasteiger partial charge < -0.3 is 10.2 Å². The summed E-state index contributed by atoms with van der Waals surface area (Å²) < 4.78 is 1.69. The number of aliphatic hydroxyl groups excluding tert-OH is 1. The van der Waals surface area contributed by atoms with E-state index in [-0.39, 0.29) is 6.42 Å². The molecule has 0 saturated carbocycles. The molecule has 0 radical (unpaired) electrons. The fourth-order valence-electron chi connectivity index (χ4n) is 1.84. The third-order valence-electron chi connectivity index (χ3n) is 2.88. The first-order chi connectivity index (χ1) is 9.16. The summed E-state index contributed by atoms with van der Waals surface area (Å²) >= 11 is 0. The van der Waals surface area contributed by atoms with Gasteiger partial charge in [0, 0.05) is 18.2 Å². The van der Waals surface area contributed by atoms with E-state index in [1.165, 1.54) is 0 Å². The number of aliphatic hydroxyl groups is 1. The molecule has 0 spiro atoms. The molecule has 5 heteroatoms. The molecule has 1 heterocycles. The minimum atomic E-state index is -0.841. The minimum absolute atomic E-state index is 0.0733. The molecule has 0 aliphatic rings. The topological polar surface area (TPSA) is 75.3 Å². The van der Waals surface area contributed by atoms with E-state index >= 15 is 0 Å². The van der Waals surface area contributed by atoms with Crippen LogP contribution in [-0.4, -0.2) is 26.0 Å². The van der Waals surface area contributed by atoms with E-state index in [1.54, 1.807) is 17.1 Å². The van der Waals surface area contributed by atoms with E-state index in [1.807, 2.05) is 30.3 Å². The molecule has 1 unspecified atom stereocenters. The number of nitrogens with zero attached hydrogens (tertiary/aromatic N) is 2. The van der Waals surface area contributed by atoms with Gasteiger partial charge in [-0.15, -0.1) is 0 Å². The van der Waals surface area contributed by atoms with Gasteiger partial charge in [0.25, 0.3) is 0 Å². The summed E-state index contributed by atoms with van der Waals surface area (Å²) in [5.74, 6) is -0.841. The zero-order chi connectivity index (χ0) is 13.7. The first-order valence-corrected chi connectivity index (χ1v) is 6.16. The van der Waals surface area contributed by atoms with Crippen molar-refractivity contribution < 1.29 is 15.0 Å². The molecule has 0 bridgehead atoms. The molecule has 19 heavy (non-hydrogen) atoms. The second-order valence-corrected chi connectivity index (χ2v) is 4.36. The van der Waals surface area contributed by atoms with Crippen LogP contribution < -0.4 is 0 Å². The molecule has 100 valence electrons. The van der Waals surface area contributed by atoms with Crippen LogP contribution in [0.15, 0.2) is 42.7 Å². The third-order valence-corrected chi connectivity index (χ3v) is 2.88. The number of hydrogen-bond acceptors (Lipinski definition) is 3. The van der Waals surface area contributed by atoms with Crippen LogP contribution in [0, 0.1) is 0 Å². The normalized spacial score (nSPS) is 12.3. The Hall–Kier alpha value is -2.14. The van der Waals surface area contributed by atoms with Crippen molar-refractivity contribution in [3.63, 3.8) is 0 Å². The van der Waals surface area contributed by atoms with Crippen LogP contribution in [0.2, 0.25) is 0 Å². The van der Waals surface area contributed by atoms with Gasteiger partial charge in [-0.3, -0.25) is 4.79 Å². The summed E-state index contributed by atoms with van der Waals surface area (Å²) in [6.45, 7) is 0. The van der Waals surface area contributed by atoms with Gasteiger partial charge in [-0.1, -0.05) is 18.2 Å². The standard InChI is InChI=1S/C14H16N2O3/c17-13(7-4-8-14(18)19)11-9-15-16(10-11)12-5-2-1-3-6-12/h1-3,5-6,9-10,13,17H,4,7-8H2,(H,18,19). The quantitative estimate of drug-likeness (QED) is 0.834. The first-order valence-electron chi connectivity index (χ1n) is 6.16. The maximum absolute atomic E-state index is 10.4. The lowest BCUT2D eigenvalue weighted by Crippen LogP contribution is -2.00. The van der Waals surface area contributed by atoms with Gasteiger partial charge in [0.2, 0.25) is 0 Å². The number of para-hydroxylation sites is 1. The van der Waals surface area contributed by atoms with Crippen LogP contribution in [0.4, 0.5) is 0 Å². The predicted octanol–water partition coefficient (Wildman–Crippen LogP) is 2.16. The van der Waals surface area contributed by atoms with Gasteiger partial charge in [0.05, 0.1) is 18.0 Å². The smallest absolute Gasteiger partial charge is 0.303 e. The van der Waals surface area contributed by atoms with E-state index in [9.17, 15) is 9.90 Å². The molecule has 0 aliphatic carbocycles. The van der Waals surface area contributed by atoms with Crippen LogP contribution in [-0.2, 0) is 4.79 Å². The third kappa shape index (κ3) is 3.66. The molecule has 0 fully saturated rings. The summed E-state index contributed by atoms with van der Waals surface area (Å²) in [6, 6.07) is 9.61. The fraction of sp³-hybridized carbons (Fsp3) is 0.286. The summed E-state index contributed by atoms with van der Waals surface area (Å²) in [5.41, 5.74) is 1.63. The molecule has 2 aromatic rings. The Balaban J connectivity index is 1.99. The fourth-order valence-corrected chi connectivity index (χ4v) is 1.84. The van der Waals surface area contributed by atoms with Crippen molar-refractivity contribution in [3.05, 3.63) is 48.3 Å². The highest BCUT2D eigenvalue weighted by atomic mass is 16.4. The van der Waals surface area contributed by atoms with E-state index in [0.717, 1.165) is 5.69 Å². The maximum Gasteiger partial charge on any atom is 0.303 e. The van der Waals surface area contributed by atoms with Gasteiger partial charge in [0.1, 0.15) is 0 Å². The van der Waals surface area contributed by atoms with Crippen molar-refractivity contribution >= 4 is 5.97 Å². The monoisotopic (exact) mass is 260 g/mol. The largest absolute Gasteiger partial charge is 0.481 e. The molecule has 1 aromatic carbocycles. The Morgan fingerprint density at radius 2 is 2.05 bits per heavy atom. The first kappa shape index (κ1) is 13.3. The lowest BCUT2D eigenvalue weighted by atomic mass is 10.1. The van der Waals surface area contributed by atoms with E-state index < -0.39 is 12.1 Å². The Bertz CT molecular complexity index is 537. The van der Waals surface area contributed by atoms with Crippen molar-refractivity contribution in [1.29, 1.82) is 0 Å². The van der Waals surface area contributed by atoms with Crippen molar-refractivity contribution in [2.45, 2.75) is 25.4 Å². The predicted molar refractivity (Wildman–Crippen MR) is 70.0 cm³/mol. The van der Waals surface area contributed by atoms with Crippen LogP contribution in [0.1, 0.15) is 30.9 Å². The summed E-state index contributed by atoms with van der Waals surface area (Å²) in [7, 11) is 0. The average Bonchev–Trinajstić information content (AvgIpc) is 2.89. The van der Waals surface area contributed by atoms with E-state index in [0.29, 0.717) is 18.4 Å². The molecule has 2 N–H and O–H groups in total. The maximum atomic E-state index is 10.4. The van der Waals surface area contributed by atoms with Gasteiger partial charge in [-0.05, 0) is 25.0 Å². The molecule has 5 nitrogen and oxygen atoms in total. The number of rotatable bonds is 6. The zero-order valence-electron chi connectivity index (χ0n) is 10.4. The number of carboxylic acid groups (broad SMARTS) is 1. The Morgan fingerprint density at radius 3 is 2.74 bits per heavy atom. The molecule has 0 amide bonds. The van der Waals surface area contributed by atoms with E-state index in [2.05, 4.69) is 5.10 Å². The summed E-state index contributed by atoms with van der Waals surface area (Å²) in [6.07, 6.45) is 3.65. The molecule has 2 rings (SSSR count). The average molecular weight is 260 g/mol. The number of benzene rings is 1. The van der Waals surface area contributed by atoms with Crippen LogP contribution >= 0.6 is 0 Å². The van der Waals surface area contributed by atoms with Gasteiger partial charge in [-0.25, -0.2) is 4.68 Å². The van der Waals surface area contributed by atoms with Crippen LogP contribution in [0.3, 0.4) is 0 Å². The van der Waals surface area contributed by atoms with Crippen molar-refractivity contribution in [3.8, 4) is 5.69 Å². The Morgan fingerprint density at radius 1 is 1.32 bits per heavy atom. The van der Waals surface area contributed by atoms with Gasteiger partial charge in [-0.2, -0.15) is 5.10 Å². The van der Waals surface area contributed by atoms with Gasteiger partial charge >= 0.3 is 5.97 Å². The Labute approximate surface area is 111 Å². The van der Waals surface area contributed by atoms with Crippen LogP contribution in [0.25, 0.3) is 5.69 Å². The molecule has 0 aliphatic heterocycles. The van der Waals surface area contributed by atoms with Crippen molar-refractivity contribution in [2.24, 2.45) is 0 Å². The highest BCUT2D eigenvalue weighted by molar-refractivity contribution is 5.66. The number of hydrogen-bond donors (Lipinski definition) is 2. The lowest BCUT2D eigenvalue weighted by Gasteiger charge is -2.06. The zero-order valence-corrected chi connectivity index (χ0v) is 10.4. The molecular formula is C14H16N2O3. The molecular weight excluding hydrogens is 244 g/mol. The second-order valence-electron chi connectivity index (χ2n) is 4.36. The highest BCUT2D eigenvalue weighted by Gasteiger charge is 2.11. The van der Waals surface area contributed by atoms with Crippen molar-refractivity contribution in [1.82, 2.24) is 9.78 Å². The number of aromatic nitrogens is 2. The molecule has 1 atom stereocenters. The second kappa shape index (κ2) is 6.15. The minimum Gasteiger partial charge on any atom is -0.481 e. The highest BCUT2D eigenvalue weighted by Crippen LogP contribution is 2.19. The van der Waals surface area contributed by atoms with E-state index in [4.69, 9.17) is 5.11 Å². The Kier molecular flexibility index (Phi) is 4.30. The lowest BCUT2D eigenvalue weighted by molar-refractivity contribution is -0.137. The molecule has 1 aromatic heterocycles. The summed E-state index contributed by atoms with van der Waals surface area (Å²) in [4.78, 5) is 10.4. The SMILES string of the molecule is O=C(O)CCCC(O)c1cnn(-c2ccccc2)c1. The number of aliphatic carboxylic acids is 1.